The van der Waals surface area contributed by atoms with Gasteiger partial charge in [-0.3, -0.25) is 4.79 Å². The van der Waals surface area contributed by atoms with Crippen molar-refractivity contribution in [1.82, 2.24) is 10.3 Å². The average Bonchev–Trinajstić information content (AvgIpc) is 3.22. The minimum atomic E-state index is -0.539. The van der Waals surface area contributed by atoms with Crippen LogP contribution in [0.5, 0.6) is 0 Å². The molecule has 0 spiro atoms. The van der Waals surface area contributed by atoms with E-state index in [1.807, 2.05) is 24.3 Å². The van der Waals surface area contributed by atoms with E-state index in [4.69, 9.17) is 9.15 Å². The number of ether oxygens (including phenoxy) is 1. The summed E-state index contributed by atoms with van der Waals surface area (Å²) in [6.45, 7) is 1.45. The SMILES string of the molecule is C[C@H](NC(=O)COC(=O)c1c[nH]c2ccccc12)c1ccco1. The zero-order valence-electron chi connectivity index (χ0n) is 12.5. The number of carbonyl (C=O) groups excluding carboxylic acids is 2. The van der Waals surface area contributed by atoms with Crippen molar-refractivity contribution in [3.63, 3.8) is 0 Å². The summed E-state index contributed by atoms with van der Waals surface area (Å²) in [7, 11) is 0. The van der Waals surface area contributed by atoms with Gasteiger partial charge in [-0.15, -0.1) is 0 Å². The third-order valence-electron chi connectivity index (χ3n) is 3.49. The summed E-state index contributed by atoms with van der Waals surface area (Å²) in [5.74, 6) is -0.286. The van der Waals surface area contributed by atoms with E-state index in [0.29, 0.717) is 11.3 Å². The monoisotopic (exact) mass is 312 g/mol. The fraction of sp³-hybridized carbons (Fsp3) is 0.176. The first kappa shape index (κ1) is 14.9. The minimum Gasteiger partial charge on any atom is -0.467 e. The van der Waals surface area contributed by atoms with E-state index in [1.165, 1.54) is 6.26 Å². The number of aromatic nitrogens is 1. The summed E-state index contributed by atoms with van der Waals surface area (Å²) >= 11 is 0. The number of nitrogens with one attached hydrogen (secondary N) is 2. The van der Waals surface area contributed by atoms with Gasteiger partial charge < -0.3 is 19.5 Å². The van der Waals surface area contributed by atoms with Crippen molar-refractivity contribution in [2.75, 3.05) is 6.61 Å². The molecule has 0 fully saturated rings. The van der Waals surface area contributed by atoms with E-state index in [9.17, 15) is 9.59 Å². The Hall–Kier alpha value is -3.02. The van der Waals surface area contributed by atoms with Crippen LogP contribution < -0.4 is 5.32 Å². The van der Waals surface area contributed by atoms with E-state index in [-0.39, 0.29) is 18.6 Å². The van der Waals surface area contributed by atoms with Crippen LogP contribution in [-0.2, 0) is 9.53 Å². The van der Waals surface area contributed by atoms with Crippen molar-refractivity contribution in [3.05, 3.63) is 60.2 Å². The number of para-hydroxylation sites is 1. The van der Waals surface area contributed by atoms with Crippen molar-refractivity contribution >= 4 is 22.8 Å². The first-order valence-electron chi connectivity index (χ1n) is 7.21. The minimum absolute atomic E-state index is 0.288. The number of furan rings is 1. The molecule has 2 N–H and O–H groups in total. The molecule has 6 nitrogen and oxygen atoms in total. The summed E-state index contributed by atoms with van der Waals surface area (Å²) in [6, 6.07) is 10.6. The highest BCUT2D eigenvalue weighted by atomic mass is 16.5. The van der Waals surface area contributed by atoms with E-state index in [1.54, 1.807) is 25.3 Å². The second kappa shape index (κ2) is 6.39. The predicted molar refractivity (Wildman–Crippen MR) is 83.8 cm³/mol. The molecule has 0 aliphatic carbocycles. The molecule has 0 radical (unpaired) electrons. The number of aromatic amines is 1. The maximum atomic E-state index is 12.1. The van der Waals surface area contributed by atoms with E-state index in [0.717, 1.165) is 10.9 Å². The lowest BCUT2D eigenvalue weighted by Gasteiger charge is -2.11. The maximum Gasteiger partial charge on any atom is 0.340 e. The quantitative estimate of drug-likeness (QED) is 0.710. The standard InChI is InChI=1S/C17H16N2O4/c1-11(15-7-4-8-22-15)19-16(20)10-23-17(21)13-9-18-14-6-3-2-5-12(13)14/h2-9,11,18H,10H2,1H3,(H,19,20)/t11-/m0/s1. The van der Waals surface area contributed by atoms with Gasteiger partial charge in [0.2, 0.25) is 0 Å². The number of rotatable bonds is 5. The van der Waals surface area contributed by atoms with Gasteiger partial charge in [0.25, 0.3) is 5.91 Å². The molecule has 2 heterocycles. The lowest BCUT2D eigenvalue weighted by Crippen LogP contribution is -2.30. The molecule has 0 unspecified atom stereocenters. The lowest BCUT2D eigenvalue weighted by atomic mass is 10.2. The molecule has 0 aliphatic heterocycles. The van der Waals surface area contributed by atoms with Crippen LogP contribution >= 0.6 is 0 Å². The van der Waals surface area contributed by atoms with E-state index >= 15 is 0 Å². The highest BCUT2D eigenvalue weighted by Crippen LogP contribution is 2.18. The van der Waals surface area contributed by atoms with Crippen LogP contribution in [-0.4, -0.2) is 23.5 Å². The second-order valence-electron chi connectivity index (χ2n) is 5.13. The summed E-state index contributed by atoms with van der Waals surface area (Å²) in [6.07, 6.45) is 3.12. The Morgan fingerprint density at radius 2 is 2.09 bits per heavy atom. The zero-order valence-corrected chi connectivity index (χ0v) is 12.5. The van der Waals surface area contributed by atoms with Crippen LogP contribution in [0.15, 0.2) is 53.3 Å². The Morgan fingerprint density at radius 3 is 2.87 bits per heavy atom. The van der Waals surface area contributed by atoms with Crippen molar-refractivity contribution in [3.8, 4) is 0 Å². The largest absolute Gasteiger partial charge is 0.467 e. The molecule has 118 valence electrons. The third kappa shape index (κ3) is 3.26. The number of carbonyl (C=O) groups is 2. The van der Waals surface area contributed by atoms with Gasteiger partial charge in [-0.05, 0) is 25.1 Å². The van der Waals surface area contributed by atoms with Crippen LogP contribution in [0, 0.1) is 0 Å². The fourth-order valence-corrected chi connectivity index (χ4v) is 2.34. The van der Waals surface area contributed by atoms with Gasteiger partial charge in [-0.2, -0.15) is 0 Å². The fourth-order valence-electron chi connectivity index (χ4n) is 2.34. The number of hydrogen-bond donors (Lipinski definition) is 2. The molecule has 6 heteroatoms. The molecule has 0 saturated heterocycles. The molecule has 3 aromatic rings. The van der Waals surface area contributed by atoms with Crippen LogP contribution in [0.4, 0.5) is 0 Å². The van der Waals surface area contributed by atoms with Crippen LogP contribution in [0.2, 0.25) is 0 Å². The summed E-state index contributed by atoms with van der Waals surface area (Å²) < 4.78 is 10.3. The number of amides is 1. The Bertz CT molecular complexity index is 820. The first-order chi connectivity index (χ1) is 11.1. The van der Waals surface area contributed by atoms with Crippen molar-refractivity contribution in [2.24, 2.45) is 0 Å². The number of fused-ring (bicyclic) bond motifs is 1. The Kier molecular flexibility index (Phi) is 4.14. The normalized spacial score (nSPS) is 12.0. The molecule has 23 heavy (non-hydrogen) atoms. The zero-order chi connectivity index (χ0) is 16.2. The second-order valence-corrected chi connectivity index (χ2v) is 5.13. The van der Waals surface area contributed by atoms with Gasteiger partial charge >= 0.3 is 5.97 Å². The molecular weight excluding hydrogens is 296 g/mol. The van der Waals surface area contributed by atoms with E-state index < -0.39 is 5.97 Å². The summed E-state index contributed by atoms with van der Waals surface area (Å²) in [4.78, 5) is 26.9. The molecule has 0 bridgehead atoms. The lowest BCUT2D eigenvalue weighted by molar-refractivity contribution is -0.125. The van der Waals surface area contributed by atoms with Gasteiger partial charge in [0, 0.05) is 17.1 Å². The molecule has 0 aliphatic rings. The predicted octanol–water partition coefficient (Wildman–Crippen LogP) is 2.80. The van der Waals surface area contributed by atoms with Crippen molar-refractivity contribution in [2.45, 2.75) is 13.0 Å². The number of H-pyrrole nitrogens is 1. The first-order valence-corrected chi connectivity index (χ1v) is 7.21. The highest BCUT2D eigenvalue weighted by molar-refractivity contribution is 6.04. The van der Waals surface area contributed by atoms with E-state index in [2.05, 4.69) is 10.3 Å². The van der Waals surface area contributed by atoms with Gasteiger partial charge in [-0.1, -0.05) is 18.2 Å². The highest BCUT2D eigenvalue weighted by Gasteiger charge is 2.16. The molecule has 1 amide bonds. The number of hydrogen-bond acceptors (Lipinski definition) is 4. The van der Waals surface area contributed by atoms with Crippen molar-refractivity contribution in [1.29, 1.82) is 0 Å². The summed E-state index contributed by atoms with van der Waals surface area (Å²) in [5, 5.41) is 3.47. The molecule has 3 rings (SSSR count). The van der Waals surface area contributed by atoms with Gasteiger partial charge in [0.1, 0.15) is 5.76 Å². The third-order valence-corrected chi connectivity index (χ3v) is 3.49. The molecule has 0 saturated carbocycles. The maximum absolute atomic E-state index is 12.1. The topological polar surface area (TPSA) is 84.3 Å². The van der Waals surface area contributed by atoms with Crippen LogP contribution in [0.25, 0.3) is 10.9 Å². The van der Waals surface area contributed by atoms with Gasteiger partial charge in [-0.25, -0.2) is 4.79 Å². The molecule has 1 aromatic carbocycles. The Morgan fingerprint density at radius 1 is 1.26 bits per heavy atom. The van der Waals surface area contributed by atoms with Crippen molar-refractivity contribution < 1.29 is 18.7 Å². The number of benzene rings is 1. The molecule has 1 atom stereocenters. The van der Waals surface area contributed by atoms with Crippen LogP contribution in [0.1, 0.15) is 29.1 Å². The molecule has 2 aromatic heterocycles. The number of esters is 1. The average molecular weight is 312 g/mol. The van der Waals surface area contributed by atoms with Gasteiger partial charge in [0.15, 0.2) is 6.61 Å². The smallest absolute Gasteiger partial charge is 0.340 e. The molecular formula is C17H16N2O4. The van der Waals surface area contributed by atoms with Crippen LogP contribution in [0.3, 0.4) is 0 Å². The summed E-state index contributed by atoms with van der Waals surface area (Å²) in [5.41, 5.74) is 1.25. The Labute approximate surface area is 132 Å². The Balaban J connectivity index is 1.57. The van der Waals surface area contributed by atoms with Gasteiger partial charge in [0.05, 0.1) is 17.9 Å².